The average molecular weight is 315 g/mol. The minimum Gasteiger partial charge on any atom is -0.493 e. The third-order valence-corrected chi connectivity index (χ3v) is 3.54. The Bertz CT molecular complexity index is 791. The Balaban J connectivity index is 1.73. The average Bonchev–Trinajstić information content (AvgIpc) is 3.24. The highest BCUT2D eigenvalue weighted by Gasteiger charge is 2.18. The molecule has 0 aliphatic carbocycles. The number of benzene rings is 1. The first-order valence-corrected chi connectivity index (χ1v) is 7.14. The maximum Gasteiger partial charge on any atom is 0.287 e. The third kappa shape index (κ3) is 3.07. The van der Waals surface area contributed by atoms with Crippen molar-refractivity contribution in [3.8, 4) is 5.75 Å². The van der Waals surface area contributed by atoms with E-state index in [1.54, 1.807) is 44.7 Å². The van der Waals surface area contributed by atoms with Gasteiger partial charge in [0.15, 0.2) is 17.1 Å². The Hall–Kier alpha value is -2.73. The van der Waals surface area contributed by atoms with Gasteiger partial charge in [-0.3, -0.25) is 4.79 Å². The number of amides is 1. The predicted molar refractivity (Wildman–Crippen MR) is 83.6 cm³/mol. The zero-order valence-electron chi connectivity index (χ0n) is 12.9. The van der Waals surface area contributed by atoms with E-state index in [0.717, 1.165) is 5.39 Å². The van der Waals surface area contributed by atoms with E-state index in [4.69, 9.17) is 18.3 Å². The van der Waals surface area contributed by atoms with Gasteiger partial charge in [0, 0.05) is 12.5 Å². The molecule has 3 rings (SSSR count). The van der Waals surface area contributed by atoms with Crippen LogP contribution in [0.3, 0.4) is 0 Å². The molecule has 0 spiro atoms. The molecule has 0 bridgehead atoms. The van der Waals surface area contributed by atoms with E-state index in [1.165, 1.54) is 0 Å². The Morgan fingerprint density at radius 1 is 1.26 bits per heavy atom. The van der Waals surface area contributed by atoms with Crippen LogP contribution in [0, 0.1) is 0 Å². The summed E-state index contributed by atoms with van der Waals surface area (Å²) in [6.07, 6.45) is 1.21. The molecule has 0 aliphatic rings. The fraction of sp³-hybridized carbons (Fsp3) is 0.235. The van der Waals surface area contributed by atoms with E-state index < -0.39 is 0 Å². The topological polar surface area (TPSA) is 73.8 Å². The lowest BCUT2D eigenvalue weighted by molar-refractivity contribution is 0.0725. The van der Waals surface area contributed by atoms with Gasteiger partial charge in [-0.05, 0) is 24.3 Å². The number of carbonyl (C=O) groups excluding carboxylic acids is 1. The number of methoxy groups -OCH3 is 2. The second-order valence-electron chi connectivity index (χ2n) is 4.94. The van der Waals surface area contributed by atoms with E-state index in [-0.39, 0.29) is 24.3 Å². The molecule has 0 unspecified atom stereocenters. The highest BCUT2D eigenvalue weighted by atomic mass is 16.5. The first-order valence-electron chi connectivity index (χ1n) is 7.14. The molecule has 6 heteroatoms. The van der Waals surface area contributed by atoms with Crippen LogP contribution >= 0.6 is 0 Å². The molecular formula is C17H17NO5. The molecule has 2 aromatic heterocycles. The van der Waals surface area contributed by atoms with Crippen molar-refractivity contribution in [1.29, 1.82) is 0 Å². The van der Waals surface area contributed by atoms with Crippen LogP contribution in [0.4, 0.5) is 0 Å². The van der Waals surface area contributed by atoms with Gasteiger partial charge in [0.2, 0.25) is 0 Å². The Morgan fingerprint density at radius 3 is 2.83 bits per heavy atom. The van der Waals surface area contributed by atoms with Crippen molar-refractivity contribution in [2.24, 2.45) is 0 Å². The second kappa shape index (κ2) is 6.58. The highest BCUT2D eigenvalue weighted by Crippen LogP contribution is 2.28. The summed E-state index contributed by atoms with van der Waals surface area (Å²) in [5, 5.41) is 3.59. The zero-order valence-corrected chi connectivity index (χ0v) is 12.9. The van der Waals surface area contributed by atoms with Crippen LogP contribution in [0.2, 0.25) is 0 Å². The number of para-hydroxylation sites is 1. The molecule has 0 fully saturated rings. The largest absolute Gasteiger partial charge is 0.493 e. The number of furan rings is 2. The summed E-state index contributed by atoms with van der Waals surface area (Å²) in [6, 6.07) is 10.7. The van der Waals surface area contributed by atoms with E-state index in [1.807, 2.05) is 12.1 Å². The molecule has 0 aliphatic heterocycles. The lowest BCUT2D eigenvalue weighted by Crippen LogP contribution is -2.28. The van der Waals surface area contributed by atoms with Crippen molar-refractivity contribution in [2.75, 3.05) is 20.8 Å². The van der Waals surface area contributed by atoms with Gasteiger partial charge in [-0.25, -0.2) is 0 Å². The van der Waals surface area contributed by atoms with Gasteiger partial charge < -0.3 is 23.6 Å². The van der Waals surface area contributed by atoms with Gasteiger partial charge in [0.05, 0.1) is 19.9 Å². The number of nitrogens with one attached hydrogen (secondary N) is 1. The van der Waals surface area contributed by atoms with Crippen LogP contribution in [0.25, 0.3) is 11.0 Å². The molecule has 0 radical (unpaired) electrons. The SMILES string of the molecule is COc1cccc2cc(C(=O)NC[C@@H](OC)c3ccco3)oc12. The van der Waals surface area contributed by atoms with Crippen LogP contribution in [0.1, 0.15) is 22.4 Å². The lowest BCUT2D eigenvalue weighted by atomic mass is 10.2. The van der Waals surface area contributed by atoms with Crippen molar-refractivity contribution in [1.82, 2.24) is 5.32 Å². The van der Waals surface area contributed by atoms with Crippen LogP contribution in [-0.2, 0) is 4.74 Å². The van der Waals surface area contributed by atoms with E-state index in [9.17, 15) is 4.79 Å². The van der Waals surface area contributed by atoms with Crippen molar-refractivity contribution >= 4 is 16.9 Å². The molecule has 3 aromatic rings. The lowest BCUT2D eigenvalue weighted by Gasteiger charge is -2.12. The van der Waals surface area contributed by atoms with Crippen molar-refractivity contribution in [3.63, 3.8) is 0 Å². The molecule has 120 valence electrons. The van der Waals surface area contributed by atoms with E-state index in [2.05, 4.69) is 5.32 Å². The molecule has 6 nitrogen and oxygen atoms in total. The Kier molecular flexibility index (Phi) is 4.34. The highest BCUT2D eigenvalue weighted by molar-refractivity contribution is 5.97. The first kappa shape index (κ1) is 15.2. The Morgan fingerprint density at radius 2 is 2.13 bits per heavy atom. The van der Waals surface area contributed by atoms with Crippen LogP contribution < -0.4 is 10.1 Å². The molecule has 0 saturated carbocycles. The van der Waals surface area contributed by atoms with Crippen molar-refractivity contribution < 1.29 is 23.1 Å². The number of fused-ring (bicyclic) bond motifs is 1. The van der Waals surface area contributed by atoms with Crippen molar-refractivity contribution in [3.05, 3.63) is 54.2 Å². The summed E-state index contributed by atoms with van der Waals surface area (Å²) in [5.41, 5.74) is 0.550. The number of hydrogen-bond acceptors (Lipinski definition) is 5. The normalized spacial score (nSPS) is 12.3. The summed E-state index contributed by atoms with van der Waals surface area (Å²) in [5.74, 6) is 1.14. The zero-order chi connectivity index (χ0) is 16.2. The van der Waals surface area contributed by atoms with Gasteiger partial charge in [-0.15, -0.1) is 0 Å². The number of ether oxygens (including phenoxy) is 2. The Labute approximate surface area is 133 Å². The number of rotatable bonds is 6. The minimum atomic E-state index is -0.354. The maximum atomic E-state index is 12.3. The monoisotopic (exact) mass is 315 g/mol. The second-order valence-corrected chi connectivity index (χ2v) is 4.94. The van der Waals surface area contributed by atoms with Gasteiger partial charge in [-0.1, -0.05) is 12.1 Å². The summed E-state index contributed by atoms with van der Waals surface area (Å²) < 4.78 is 21.4. The number of carbonyl (C=O) groups is 1. The standard InChI is InChI=1S/C17H17NO5/c1-20-13-6-3-5-11-9-14(23-16(11)13)17(19)18-10-15(21-2)12-7-4-8-22-12/h3-9,15H,10H2,1-2H3,(H,18,19)/t15-/m1/s1. The summed E-state index contributed by atoms with van der Waals surface area (Å²) in [4.78, 5) is 12.3. The quantitative estimate of drug-likeness (QED) is 0.756. The third-order valence-electron chi connectivity index (χ3n) is 3.54. The smallest absolute Gasteiger partial charge is 0.287 e. The van der Waals surface area contributed by atoms with Gasteiger partial charge in [0.1, 0.15) is 11.9 Å². The molecule has 0 saturated heterocycles. The van der Waals surface area contributed by atoms with E-state index in [0.29, 0.717) is 17.1 Å². The first-order chi connectivity index (χ1) is 11.2. The van der Waals surface area contributed by atoms with Gasteiger partial charge >= 0.3 is 0 Å². The maximum absolute atomic E-state index is 12.3. The molecule has 2 heterocycles. The fourth-order valence-corrected chi connectivity index (χ4v) is 2.36. The van der Waals surface area contributed by atoms with Crippen LogP contribution in [0.15, 0.2) is 51.5 Å². The van der Waals surface area contributed by atoms with Gasteiger partial charge in [0.25, 0.3) is 5.91 Å². The van der Waals surface area contributed by atoms with E-state index >= 15 is 0 Å². The molecule has 23 heavy (non-hydrogen) atoms. The fourth-order valence-electron chi connectivity index (χ4n) is 2.36. The summed E-state index contributed by atoms with van der Waals surface area (Å²) in [6.45, 7) is 0.275. The van der Waals surface area contributed by atoms with Crippen LogP contribution in [0.5, 0.6) is 5.75 Å². The van der Waals surface area contributed by atoms with Crippen molar-refractivity contribution in [2.45, 2.75) is 6.10 Å². The van der Waals surface area contributed by atoms with Gasteiger partial charge in [-0.2, -0.15) is 0 Å². The molecular weight excluding hydrogens is 298 g/mol. The van der Waals surface area contributed by atoms with Crippen LogP contribution in [-0.4, -0.2) is 26.7 Å². The molecule has 1 amide bonds. The molecule has 1 atom stereocenters. The predicted octanol–water partition coefficient (Wildman–Crippen LogP) is 3.15. The molecule has 1 aromatic carbocycles. The molecule has 1 N–H and O–H groups in total. The summed E-state index contributed by atoms with van der Waals surface area (Å²) in [7, 11) is 3.12. The number of hydrogen-bond donors (Lipinski definition) is 1. The minimum absolute atomic E-state index is 0.221. The summed E-state index contributed by atoms with van der Waals surface area (Å²) >= 11 is 0.